The molecule has 0 aliphatic carbocycles. The van der Waals surface area contributed by atoms with Gasteiger partial charge in [-0.1, -0.05) is 72.8 Å². The maximum atomic E-state index is 14.0. The molecule has 0 unspecified atom stereocenters. The fourth-order valence-corrected chi connectivity index (χ4v) is 6.01. The Bertz CT molecular complexity index is 1580. The van der Waals surface area contributed by atoms with Gasteiger partial charge in [-0.3, -0.25) is 14.6 Å². The molecule has 4 aromatic rings. The van der Waals surface area contributed by atoms with Crippen LogP contribution >= 0.6 is 0 Å². The van der Waals surface area contributed by atoms with E-state index in [1.54, 1.807) is 0 Å². The molecule has 1 saturated heterocycles. The van der Waals surface area contributed by atoms with E-state index in [2.05, 4.69) is 53.5 Å². The minimum Gasteiger partial charge on any atom is -0.463 e. The van der Waals surface area contributed by atoms with E-state index in [1.165, 1.54) is 5.39 Å². The quantitative estimate of drug-likeness (QED) is 0.239. The first-order chi connectivity index (χ1) is 20.0. The number of esters is 1. The number of carbonyl (C=O) groups excluding carboxylic acids is 2. The summed E-state index contributed by atoms with van der Waals surface area (Å²) in [5.74, 6) is -0.955. The van der Waals surface area contributed by atoms with E-state index in [-0.39, 0.29) is 30.4 Å². The van der Waals surface area contributed by atoms with Gasteiger partial charge in [-0.2, -0.15) is 0 Å². The summed E-state index contributed by atoms with van der Waals surface area (Å²) in [5.41, 5.74) is 7.51. The molecule has 1 fully saturated rings. The molecule has 0 spiro atoms. The molecule has 3 heterocycles. The Hall–Kier alpha value is -4.45. The van der Waals surface area contributed by atoms with E-state index >= 15 is 0 Å². The van der Waals surface area contributed by atoms with E-state index in [9.17, 15) is 9.59 Å². The van der Waals surface area contributed by atoms with Crippen LogP contribution in [0.3, 0.4) is 0 Å². The van der Waals surface area contributed by atoms with Crippen molar-refractivity contribution in [2.45, 2.75) is 57.6 Å². The van der Waals surface area contributed by atoms with Gasteiger partial charge in [-0.05, 0) is 61.1 Å². The highest BCUT2D eigenvalue weighted by atomic mass is 16.5. The number of nitrogens with zero attached hydrogens (tertiary/aromatic N) is 2. The van der Waals surface area contributed by atoms with Crippen molar-refractivity contribution in [3.8, 4) is 11.3 Å². The molecular formula is C35H35N3O3. The molecule has 208 valence electrons. The average Bonchev–Trinajstić information content (AvgIpc) is 3.75. The van der Waals surface area contributed by atoms with Crippen LogP contribution in [0.2, 0.25) is 0 Å². The number of para-hydroxylation sites is 1. The van der Waals surface area contributed by atoms with Crippen molar-refractivity contribution < 1.29 is 14.3 Å². The van der Waals surface area contributed by atoms with Crippen LogP contribution in [0.15, 0.2) is 96.1 Å². The van der Waals surface area contributed by atoms with Crippen LogP contribution < -0.4 is 0 Å². The minimum absolute atomic E-state index is 0.0294. The van der Waals surface area contributed by atoms with E-state index in [4.69, 9.17) is 9.73 Å². The lowest BCUT2D eigenvalue weighted by Gasteiger charge is -2.29. The first kappa shape index (κ1) is 26.8. The topological polar surface area (TPSA) is 74.8 Å². The summed E-state index contributed by atoms with van der Waals surface area (Å²) in [7, 11) is 0. The molecule has 6 rings (SSSR count). The van der Waals surface area contributed by atoms with Crippen molar-refractivity contribution >= 4 is 34.1 Å². The molecule has 0 saturated carbocycles. The van der Waals surface area contributed by atoms with E-state index in [1.807, 2.05) is 61.3 Å². The number of allylic oxidation sites excluding steroid dienone is 1. The summed E-state index contributed by atoms with van der Waals surface area (Å²) in [4.78, 5) is 36.8. The normalized spacial score (nSPS) is 17.5. The Morgan fingerprint density at radius 1 is 0.976 bits per heavy atom. The molecule has 41 heavy (non-hydrogen) atoms. The van der Waals surface area contributed by atoms with Crippen molar-refractivity contribution in [2.24, 2.45) is 4.99 Å². The van der Waals surface area contributed by atoms with Crippen molar-refractivity contribution in [3.05, 3.63) is 102 Å². The van der Waals surface area contributed by atoms with Crippen molar-refractivity contribution in [1.82, 2.24) is 9.88 Å². The van der Waals surface area contributed by atoms with Crippen LogP contribution in [-0.4, -0.2) is 46.2 Å². The van der Waals surface area contributed by atoms with Crippen molar-refractivity contribution in [2.75, 3.05) is 6.54 Å². The SMILES string of the molecule is CC(C)OC(=O)C[C@@H](C(=O)N1CCC[C@H]1C1=NC=C(c2ccc(-c3cc4ccccc4[nH]3)cc2)C1)c1ccccc1. The van der Waals surface area contributed by atoms with Gasteiger partial charge < -0.3 is 14.6 Å². The second-order valence-electron chi connectivity index (χ2n) is 11.2. The molecule has 6 nitrogen and oxygen atoms in total. The zero-order valence-electron chi connectivity index (χ0n) is 23.5. The van der Waals surface area contributed by atoms with Gasteiger partial charge in [0.05, 0.1) is 24.5 Å². The number of hydrogen-bond acceptors (Lipinski definition) is 4. The van der Waals surface area contributed by atoms with E-state index in [0.717, 1.165) is 52.0 Å². The Labute approximate surface area is 240 Å². The van der Waals surface area contributed by atoms with Gasteiger partial charge in [-0.15, -0.1) is 0 Å². The number of amides is 1. The molecule has 0 bridgehead atoms. The minimum atomic E-state index is -0.574. The van der Waals surface area contributed by atoms with Gasteiger partial charge in [0.15, 0.2) is 0 Å². The van der Waals surface area contributed by atoms with Crippen LogP contribution in [0.25, 0.3) is 27.7 Å². The van der Waals surface area contributed by atoms with Crippen LogP contribution in [-0.2, 0) is 14.3 Å². The predicted octanol–water partition coefficient (Wildman–Crippen LogP) is 7.14. The van der Waals surface area contributed by atoms with Gasteiger partial charge >= 0.3 is 5.97 Å². The average molecular weight is 546 g/mol. The van der Waals surface area contributed by atoms with Crippen LogP contribution in [0.4, 0.5) is 0 Å². The van der Waals surface area contributed by atoms with Gasteiger partial charge in [0.2, 0.25) is 5.91 Å². The summed E-state index contributed by atoms with van der Waals surface area (Å²) in [5, 5.41) is 1.20. The predicted molar refractivity (Wildman–Crippen MR) is 164 cm³/mol. The Morgan fingerprint density at radius 3 is 2.46 bits per heavy atom. The highest BCUT2D eigenvalue weighted by Gasteiger charge is 2.38. The molecule has 2 aliphatic heterocycles. The number of aliphatic imine (C=N–C) groups is 1. The summed E-state index contributed by atoms with van der Waals surface area (Å²) >= 11 is 0. The lowest BCUT2D eigenvalue weighted by Crippen LogP contribution is -2.43. The van der Waals surface area contributed by atoms with Gasteiger partial charge in [-0.25, -0.2) is 0 Å². The summed E-state index contributed by atoms with van der Waals surface area (Å²) < 4.78 is 5.41. The fourth-order valence-electron chi connectivity index (χ4n) is 6.01. The lowest BCUT2D eigenvalue weighted by molar-refractivity contribution is -0.150. The zero-order chi connectivity index (χ0) is 28.3. The lowest BCUT2D eigenvalue weighted by atomic mass is 9.93. The molecule has 3 aromatic carbocycles. The first-order valence-corrected chi connectivity index (χ1v) is 14.5. The van der Waals surface area contributed by atoms with E-state index < -0.39 is 5.92 Å². The summed E-state index contributed by atoms with van der Waals surface area (Å²) in [6.07, 6.45) is 4.27. The zero-order valence-corrected chi connectivity index (χ0v) is 23.5. The maximum absolute atomic E-state index is 14.0. The first-order valence-electron chi connectivity index (χ1n) is 14.5. The van der Waals surface area contributed by atoms with E-state index in [0.29, 0.717) is 13.0 Å². The number of nitrogens with one attached hydrogen (secondary N) is 1. The number of ether oxygens (including phenoxy) is 1. The number of aromatic amines is 1. The summed E-state index contributed by atoms with van der Waals surface area (Å²) in [6.45, 7) is 4.32. The molecule has 1 N–H and O–H groups in total. The molecule has 1 amide bonds. The molecule has 0 radical (unpaired) electrons. The highest BCUT2D eigenvalue weighted by Crippen LogP contribution is 2.34. The maximum Gasteiger partial charge on any atom is 0.307 e. The number of hydrogen-bond donors (Lipinski definition) is 1. The van der Waals surface area contributed by atoms with Crippen molar-refractivity contribution in [3.63, 3.8) is 0 Å². The highest BCUT2D eigenvalue weighted by molar-refractivity contribution is 6.04. The molecular weight excluding hydrogens is 510 g/mol. The van der Waals surface area contributed by atoms with Gasteiger partial charge in [0.25, 0.3) is 0 Å². The van der Waals surface area contributed by atoms with Crippen molar-refractivity contribution in [1.29, 1.82) is 0 Å². The Balaban J connectivity index is 1.15. The molecule has 2 atom stereocenters. The molecule has 6 heteroatoms. The molecule has 1 aromatic heterocycles. The Morgan fingerprint density at radius 2 is 1.71 bits per heavy atom. The Kier molecular flexibility index (Phi) is 7.55. The second kappa shape index (κ2) is 11.6. The number of aromatic nitrogens is 1. The van der Waals surface area contributed by atoms with Crippen LogP contribution in [0.1, 0.15) is 56.6 Å². The van der Waals surface area contributed by atoms with Crippen LogP contribution in [0.5, 0.6) is 0 Å². The smallest absolute Gasteiger partial charge is 0.307 e. The third-order valence-electron chi connectivity index (χ3n) is 8.01. The number of carbonyl (C=O) groups is 2. The number of fused-ring (bicyclic) bond motifs is 1. The largest absolute Gasteiger partial charge is 0.463 e. The third kappa shape index (κ3) is 5.73. The number of rotatable bonds is 8. The number of H-pyrrole nitrogens is 1. The number of benzene rings is 3. The van der Waals surface area contributed by atoms with Gasteiger partial charge in [0, 0.05) is 41.5 Å². The summed E-state index contributed by atoms with van der Waals surface area (Å²) in [6, 6.07) is 28.6. The molecule has 2 aliphatic rings. The standard InChI is InChI=1S/C35H35N3O3/c1-23(2)41-34(39)21-29(25-9-4-3-5-10-25)35(40)38-18-8-13-33(38)32-20-28(22-36-32)24-14-16-26(17-15-24)31-19-27-11-6-7-12-30(27)37-31/h3-7,9-12,14-17,19,22-23,29,33,37H,8,13,18,20-21H2,1-2H3/t29-,33+/m1/s1. The fraction of sp³-hybridized carbons (Fsp3) is 0.286. The van der Waals surface area contributed by atoms with Gasteiger partial charge in [0.1, 0.15) is 0 Å². The monoisotopic (exact) mass is 545 g/mol. The third-order valence-corrected chi connectivity index (χ3v) is 8.01. The van der Waals surface area contributed by atoms with Crippen LogP contribution in [0, 0.1) is 0 Å². The second-order valence-corrected chi connectivity index (χ2v) is 11.2. The number of likely N-dealkylation sites (tertiary alicyclic amines) is 1.